The molecule has 9 nitrogen and oxygen atoms in total. The third-order valence-electron chi connectivity index (χ3n) is 5.76. The predicted octanol–water partition coefficient (Wildman–Crippen LogP) is 3.70. The Labute approximate surface area is 201 Å². The highest BCUT2D eigenvalue weighted by Crippen LogP contribution is 2.34. The second kappa shape index (κ2) is 9.02. The van der Waals surface area contributed by atoms with E-state index < -0.39 is 29.9 Å². The second-order valence-corrected chi connectivity index (χ2v) is 8.51. The van der Waals surface area contributed by atoms with Crippen LogP contribution in [0.3, 0.4) is 0 Å². The maximum atomic E-state index is 13.1. The first-order valence-corrected chi connectivity index (χ1v) is 11.1. The molecule has 4 amide bonds. The molecule has 2 aliphatic rings. The SMILES string of the molecule is C[C@@]1(Cc2ccc3c(c2)OCO3)NC(=O)N(CC(=O)Nc2ccc(Oc3ccccc3)cc2)C1=O. The van der Waals surface area contributed by atoms with Crippen LogP contribution in [0.1, 0.15) is 12.5 Å². The van der Waals surface area contributed by atoms with Gasteiger partial charge in [0.2, 0.25) is 12.7 Å². The van der Waals surface area contributed by atoms with Gasteiger partial charge in [-0.25, -0.2) is 4.79 Å². The molecule has 1 atom stereocenters. The molecule has 2 aliphatic heterocycles. The molecule has 178 valence electrons. The number of fused-ring (bicyclic) bond motifs is 1. The molecule has 2 heterocycles. The van der Waals surface area contributed by atoms with Gasteiger partial charge in [-0.05, 0) is 61.0 Å². The van der Waals surface area contributed by atoms with Gasteiger partial charge in [0.25, 0.3) is 5.91 Å². The number of ether oxygens (including phenoxy) is 3. The number of para-hydroxylation sites is 1. The van der Waals surface area contributed by atoms with Crippen molar-refractivity contribution in [2.75, 3.05) is 18.7 Å². The summed E-state index contributed by atoms with van der Waals surface area (Å²) in [5.74, 6) is 1.59. The first-order valence-electron chi connectivity index (χ1n) is 11.1. The molecular formula is C26H23N3O6. The fraction of sp³-hybridized carbons (Fsp3) is 0.192. The molecule has 1 saturated heterocycles. The standard InChI is InChI=1S/C26H23N3O6/c1-26(14-17-7-12-21-22(13-17)34-16-33-21)24(31)29(25(32)28-26)15-23(30)27-18-8-10-20(11-9-18)35-19-5-3-2-4-6-19/h2-13H,14-16H2,1H3,(H,27,30)(H,28,32)/t26-/m0/s1. The molecule has 0 aromatic heterocycles. The zero-order chi connectivity index (χ0) is 24.4. The van der Waals surface area contributed by atoms with Crippen LogP contribution in [0.2, 0.25) is 0 Å². The fourth-order valence-corrected chi connectivity index (χ4v) is 4.04. The number of imide groups is 1. The van der Waals surface area contributed by atoms with E-state index in [1.807, 2.05) is 36.4 Å². The molecule has 9 heteroatoms. The van der Waals surface area contributed by atoms with Crippen LogP contribution in [0.5, 0.6) is 23.0 Å². The van der Waals surface area contributed by atoms with E-state index in [4.69, 9.17) is 14.2 Å². The van der Waals surface area contributed by atoms with Crippen LogP contribution >= 0.6 is 0 Å². The number of carbonyl (C=O) groups is 3. The summed E-state index contributed by atoms with van der Waals surface area (Å²) >= 11 is 0. The first kappa shape index (κ1) is 22.3. The Hall–Kier alpha value is -4.53. The Bertz CT molecular complexity index is 1280. The lowest BCUT2D eigenvalue weighted by Gasteiger charge is -2.22. The number of hydrogen-bond acceptors (Lipinski definition) is 6. The van der Waals surface area contributed by atoms with Gasteiger partial charge in [0.05, 0.1) is 0 Å². The molecule has 35 heavy (non-hydrogen) atoms. The highest BCUT2D eigenvalue weighted by Gasteiger charge is 2.48. The summed E-state index contributed by atoms with van der Waals surface area (Å²) in [5.41, 5.74) is 0.140. The lowest BCUT2D eigenvalue weighted by Crippen LogP contribution is -2.46. The van der Waals surface area contributed by atoms with Crippen LogP contribution in [0, 0.1) is 0 Å². The van der Waals surface area contributed by atoms with Crippen molar-refractivity contribution in [1.29, 1.82) is 0 Å². The number of anilines is 1. The Morgan fingerprint density at radius 3 is 2.49 bits per heavy atom. The van der Waals surface area contributed by atoms with Crippen molar-refractivity contribution in [2.24, 2.45) is 0 Å². The summed E-state index contributed by atoms with van der Waals surface area (Å²) < 4.78 is 16.4. The van der Waals surface area contributed by atoms with Crippen LogP contribution < -0.4 is 24.8 Å². The van der Waals surface area contributed by atoms with Crippen LogP contribution in [0.25, 0.3) is 0 Å². The van der Waals surface area contributed by atoms with E-state index in [0.717, 1.165) is 10.5 Å². The Morgan fingerprint density at radius 2 is 1.71 bits per heavy atom. The van der Waals surface area contributed by atoms with Crippen molar-refractivity contribution in [1.82, 2.24) is 10.2 Å². The fourth-order valence-electron chi connectivity index (χ4n) is 4.04. The van der Waals surface area contributed by atoms with E-state index in [1.54, 1.807) is 43.3 Å². The van der Waals surface area contributed by atoms with E-state index in [1.165, 1.54) is 0 Å². The van der Waals surface area contributed by atoms with Crippen molar-refractivity contribution in [3.05, 3.63) is 78.4 Å². The van der Waals surface area contributed by atoms with E-state index in [0.29, 0.717) is 28.7 Å². The van der Waals surface area contributed by atoms with Crippen LogP contribution in [0.4, 0.5) is 10.5 Å². The summed E-state index contributed by atoms with van der Waals surface area (Å²) in [6.45, 7) is 1.39. The maximum absolute atomic E-state index is 13.1. The lowest BCUT2D eigenvalue weighted by atomic mass is 9.92. The van der Waals surface area contributed by atoms with Crippen molar-refractivity contribution < 1.29 is 28.6 Å². The number of amides is 4. The minimum atomic E-state index is -1.18. The zero-order valence-corrected chi connectivity index (χ0v) is 18.9. The maximum Gasteiger partial charge on any atom is 0.325 e. The average Bonchev–Trinajstić information content (AvgIpc) is 3.39. The number of nitrogens with one attached hydrogen (secondary N) is 2. The van der Waals surface area contributed by atoms with Crippen LogP contribution in [-0.2, 0) is 16.0 Å². The molecule has 3 aromatic carbocycles. The highest BCUT2D eigenvalue weighted by molar-refractivity contribution is 6.10. The van der Waals surface area contributed by atoms with E-state index in [-0.39, 0.29) is 13.2 Å². The summed E-state index contributed by atoms with van der Waals surface area (Å²) in [4.78, 5) is 39.1. The number of hydrogen-bond donors (Lipinski definition) is 2. The molecule has 0 bridgehead atoms. The van der Waals surface area contributed by atoms with Gasteiger partial charge in [-0.1, -0.05) is 24.3 Å². The Kier molecular flexibility index (Phi) is 5.74. The number of urea groups is 1. The molecular weight excluding hydrogens is 450 g/mol. The van der Waals surface area contributed by atoms with Crippen molar-refractivity contribution in [2.45, 2.75) is 18.9 Å². The van der Waals surface area contributed by atoms with E-state index in [9.17, 15) is 14.4 Å². The monoisotopic (exact) mass is 473 g/mol. The second-order valence-electron chi connectivity index (χ2n) is 8.51. The molecule has 0 unspecified atom stereocenters. The van der Waals surface area contributed by atoms with Crippen LogP contribution in [-0.4, -0.2) is 41.6 Å². The van der Waals surface area contributed by atoms with Crippen molar-refractivity contribution >= 4 is 23.5 Å². The van der Waals surface area contributed by atoms with Gasteiger partial charge in [-0.15, -0.1) is 0 Å². The molecule has 1 fully saturated rings. The number of carbonyl (C=O) groups excluding carboxylic acids is 3. The zero-order valence-electron chi connectivity index (χ0n) is 18.9. The third kappa shape index (κ3) is 4.74. The predicted molar refractivity (Wildman–Crippen MR) is 127 cm³/mol. The minimum Gasteiger partial charge on any atom is -0.457 e. The average molecular weight is 473 g/mol. The van der Waals surface area contributed by atoms with Gasteiger partial charge in [0, 0.05) is 12.1 Å². The minimum absolute atomic E-state index is 0.150. The van der Waals surface area contributed by atoms with Crippen molar-refractivity contribution in [3.8, 4) is 23.0 Å². The topological polar surface area (TPSA) is 106 Å². The normalized spacial score (nSPS) is 18.4. The summed E-state index contributed by atoms with van der Waals surface area (Å²) in [6.07, 6.45) is 0.245. The van der Waals surface area contributed by atoms with Gasteiger partial charge in [0.15, 0.2) is 11.5 Å². The molecule has 0 radical (unpaired) electrons. The number of nitrogens with zero attached hydrogens (tertiary/aromatic N) is 1. The number of rotatable bonds is 7. The Morgan fingerprint density at radius 1 is 1.00 bits per heavy atom. The van der Waals surface area contributed by atoms with Gasteiger partial charge < -0.3 is 24.8 Å². The molecule has 0 spiro atoms. The summed E-state index contributed by atoms with van der Waals surface area (Å²) in [6, 6.07) is 20.9. The van der Waals surface area contributed by atoms with Gasteiger partial charge in [0.1, 0.15) is 23.6 Å². The van der Waals surface area contributed by atoms with E-state index >= 15 is 0 Å². The third-order valence-corrected chi connectivity index (χ3v) is 5.76. The molecule has 5 rings (SSSR count). The van der Waals surface area contributed by atoms with Crippen molar-refractivity contribution in [3.63, 3.8) is 0 Å². The largest absolute Gasteiger partial charge is 0.457 e. The smallest absolute Gasteiger partial charge is 0.325 e. The van der Waals surface area contributed by atoms with Gasteiger partial charge in [-0.2, -0.15) is 0 Å². The number of benzene rings is 3. The van der Waals surface area contributed by atoms with Crippen LogP contribution in [0.15, 0.2) is 72.8 Å². The molecule has 2 N–H and O–H groups in total. The van der Waals surface area contributed by atoms with Gasteiger partial charge in [-0.3, -0.25) is 14.5 Å². The van der Waals surface area contributed by atoms with Gasteiger partial charge >= 0.3 is 6.03 Å². The molecule has 0 saturated carbocycles. The summed E-state index contributed by atoms with van der Waals surface area (Å²) in [5, 5.41) is 5.42. The summed E-state index contributed by atoms with van der Waals surface area (Å²) in [7, 11) is 0. The van der Waals surface area contributed by atoms with E-state index in [2.05, 4.69) is 10.6 Å². The Balaban J connectivity index is 1.19. The molecule has 0 aliphatic carbocycles. The first-order chi connectivity index (χ1) is 16.9. The lowest BCUT2D eigenvalue weighted by molar-refractivity contribution is -0.133. The molecule has 3 aromatic rings. The highest BCUT2D eigenvalue weighted by atomic mass is 16.7. The quantitative estimate of drug-likeness (QED) is 0.507.